The van der Waals surface area contributed by atoms with E-state index in [1.807, 2.05) is 18.4 Å². The summed E-state index contributed by atoms with van der Waals surface area (Å²) in [4.78, 5) is 29.9. The van der Waals surface area contributed by atoms with Crippen LogP contribution in [0.5, 0.6) is 0 Å². The van der Waals surface area contributed by atoms with Gasteiger partial charge in [-0.2, -0.15) is 4.99 Å². The van der Waals surface area contributed by atoms with Crippen LogP contribution in [0.4, 0.5) is 5.69 Å². The fourth-order valence-electron chi connectivity index (χ4n) is 3.54. The summed E-state index contributed by atoms with van der Waals surface area (Å²) >= 11 is 1.26. The fraction of sp³-hybridized carbons (Fsp3) is 0.160. The van der Waals surface area contributed by atoms with E-state index in [1.54, 1.807) is 42.5 Å². The second kappa shape index (κ2) is 9.85. The van der Waals surface area contributed by atoms with E-state index >= 15 is 0 Å². The van der Waals surface area contributed by atoms with Gasteiger partial charge in [0.2, 0.25) is 0 Å². The molecule has 1 amide bonds. The molecule has 3 aromatic carbocycles. The Morgan fingerprint density at radius 1 is 1.06 bits per heavy atom. The molecule has 8 nitrogen and oxygen atoms in total. The Morgan fingerprint density at radius 3 is 2.46 bits per heavy atom. The molecule has 1 heterocycles. The molecule has 10 heteroatoms. The number of carbonyl (C=O) groups excluding carboxylic acids is 2. The van der Waals surface area contributed by atoms with E-state index in [2.05, 4.69) is 9.71 Å². The van der Waals surface area contributed by atoms with Gasteiger partial charge in [0.25, 0.3) is 15.9 Å². The van der Waals surface area contributed by atoms with E-state index in [-0.39, 0.29) is 16.1 Å². The molecule has 0 atom stereocenters. The first-order valence-electron chi connectivity index (χ1n) is 10.7. The van der Waals surface area contributed by atoms with Crippen LogP contribution in [-0.2, 0) is 21.3 Å². The first kappa shape index (κ1) is 24.4. The van der Waals surface area contributed by atoms with Crippen molar-refractivity contribution in [2.75, 3.05) is 11.8 Å². The van der Waals surface area contributed by atoms with Gasteiger partial charge in [-0.05, 0) is 56.3 Å². The zero-order valence-corrected chi connectivity index (χ0v) is 20.9. The second-order valence-electron chi connectivity index (χ2n) is 7.68. The van der Waals surface area contributed by atoms with E-state index in [0.29, 0.717) is 16.9 Å². The number of hydrogen-bond acceptors (Lipinski definition) is 6. The first-order valence-corrected chi connectivity index (χ1v) is 13.0. The normalized spacial score (nSPS) is 12.0. The number of fused-ring (bicyclic) bond motifs is 1. The molecule has 0 saturated carbocycles. The molecule has 0 unspecified atom stereocenters. The molecule has 180 valence electrons. The monoisotopic (exact) mass is 509 g/mol. The Bertz CT molecular complexity index is 1600. The highest BCUT2D eigenvalue weighted by atomic mass is 32.2. The van der Waals surface area contributed by atoms with Crippen LogP contribution in [0.15, 0.2) is 76.6 Å². The van der Waals surface area contributed by atoms with Crippen molar-refractivity contribution in [3.63, 3.8) is 0 Å². The maximum absolute atomic E-state index is 13.2. The van der Waals surface area contributed by atoms with Crippen molar-refractivity contribution < 1.29 is 22.7 Å². The molecule has 4 rings (SSSR count). The predicted octanol–water partition coefficient (Wildman–Crippen LogP) is 4.36. The van der Waals surface area contributed by atoms with Gasteiger partial charge in [0, 0.05) is 6.54 Å². The topological polar surface area (TPSA) is 107 Å². The van der Waals surface area contributed by atoms with Gasteiger partial charge in [0.05, 0.1) is 39.0 Å². The molecule has 0 radical (unpaired) electrons. The van der Waals surface area contributed by atoms with Crippen molar-refractivity contribution in [3.8, 4) is 0 Å². The maximum atomic E-state index is 13.2. The van der Waals surface area contributed by atoms with Crippen LogP contribution >= 0.6 is 11.3 Å². The van der Waals surface area contributed by atoms with E-state index in [1.165, 1.54) is 42.7 Å². The number of thiazole rings is 1. The first-order chi connectivity index (χ1) is 16.7. The van der Waals surface area contributed by atoms with Crippen LogP contribution in [0, 0.1) is 6.92 Å². The molecule has 1 N–H and O–H groups in total. The van der Waals surface area contributed by atoms with Crippen molar-refractivity contribution in [1.82, 2.24) is 4.57 Å². The lowest BCUT2D eigenvalue weighted by molar-refractivity contribution is 0.0600. The van der Waals surface area contributed by atoms with Gasteiger partial charge in [0.1, 0.15) is 0 Å². The highest BCUT2D eigenvalue weighted by Gasteiger charge is 2.19. The van der Waals surface area contributed by atoms with Crippen LogP contribution in [0.2, 0.25) is 0 Å². The maximum Gasteiger partial charge on any atom is 0.337 e. The molecule has 0 saturated heterocycles. The third-order valence-corrected chi connectivity index (χ3v) is 7.77. The Labute approximate surface area is 206 Å². The molecule has 0 spiro atoms. The number of benzene rings is 3. The predicted molar refractivity (Wildman–Crippen MR) is 135 cm³/mol. The third kappa shape index (κ3) is 5.03. The van der Waals surface area contributed by atoms with Crippen LogP contribution in [-0.4, -0.2) is 32.0 Å². The SMILES string of the molecule is CCn1c(=NC(=O)c2ccccc2NS(=O)(=O)c2ccc(C)cc2)sc2cc(C(=O)OC)ccc21. The number of nitrogens with one attached hydrogen (secondary N) is 1. The number of para-hydroxylation sites is 1. The van der Waals surface area contributed by atoms with Crippen molar-refractivity contribution in [1.29, 1.82) is 0 Å². The summed E-state index contributed by atoms with van der Waals surface area (Å²) in [5, 5.41) is 0. The molecule has 1 aromatic heterocycles. The summed E-state index contributed by atoms with van der Waals surface area (Å²) in [6.45, 7) is 4.34. The number of carbonyl (C=O) groups is 2. The minimum Gasteiger partial charge on any atom is -0.465 e. The van der Waals surface area contributed by atoms with E-state index in [0.717, 1.165) is 15.8 Å². The van der Waals surface area contributed by atoms with E-state index in [4.69, 9.17) is 4.74 Å². The zero-order chi connectivity index (χ0) is 25.2. The minimum atomic E-state index is -3.90. The van der Waals surface area contributed by atoms with E-state index < -0.39 is 21.9 Å². The van der Waals surface area contributed by atoms with Gasteiger partial charge in [-0.3, -0.25) is 9.52 Å². The fourth-order valence-corrected chi connectivity index (χ4v) is 5.75. The number of ether oxygens (including phenoxy) is 1. The number of anilines is 1. The number of nitrogens with zero attached hydrogens (tertiary/aromatic N) is 2. The number of esters is 1. The minimum absolute atomic E-state index is 0.0945. The van der Waals surface area contributed by atoms with Gasteiger partial charge < -0.3 is 9.30 Å². The largest absolute Gasteiger partial charge is 0.465 e. The molecular formula is C25H23N3O5S2. The summed E-state index contributed by atoms with van der Waals surface area (Å²) in [6.07, 6.45) is 0. The van der Waals surface area contributed by atoms with Crippen molar-refractivity contribution in [3.05, 3.63) is 88.2 Å². The van der Waals surface area contributed by atoms with Crippen molar-refractivity contribution in [2.45, 2.75) is 25.3 Å². The molecule has 0 aliphatic carbocycles. The molecule has 0 aliphatic heterocycles. The van der Waals surface area contributed by atoms with Gasteiger partial charge in [-0.25, -0.2) is 13.2 Å². The van der Waals surface area contributed by atoms with Gasteiger partial charge in [-0.15, -0.1) is 0 Å². The quantitative estimate of drug-likeness (QED) is 0.389. The molecule has 0 aliphatic rings. The highest BCUT2D eigenvalue weighted by Crippen LogP contribution is 2.23. The third-order valence-electron chi connectivity index (χ3n) is 5.35. The number of aryl methyl sites for hydroxylation is 2. The number of aromatic nitrogens is 1. The second-order valence-corrected chi connectivity index (χ2v) is 10.4. The Morgan fingerprint density at radius 2 is 1.77 bits per heavy atom. The summed E-state index contributed by atoms with van der Waals surface area (Å²) in [6, 6.07) is 17.9. The Balaban J connectivity index is 1.73. The summed E-state index contributed by atoms with van der Waals surface area (Å²) < 4.78 is 35.7. The Kier molecular flexibility index (Phi) is 6.86. The average Bonchev–Trinajstić information content (AvgIpc) is 3.19. The summed E-state index contributed by atoms with van der Waals surface area (Å²) in [7, 11) is -2.58. The van der Waals surface area contributed by atoms with Crippen LogP contribution in [0.1, 0.15) is 33.2 Å². The van der Waals surface area contributed by atoms with Gasteiger partial charge >= 0.3 is 5.97 Å². The van der Waals surface area contributed by atoms with Gasteiger partial charge in [-0.1, -0.05) is 41.2 Å². The molecular weight excluding hydrogens is 486 g/mol. The molecule has 0 fully saturated rings. The number of rotatable bonds is 6. The lowest BCUT2D eigenvalue weighted by atomic mass is 10.2. The van der Waals surface area contributed by atoms with Crippen molar-refractivity contribution in [2.24, 2.45) is 4.99 Å². The van der Waals surface area contributed by atoms with E-state index in [9.17, 15) is 18.0 Å². The lowest BCUT2D eigenvalue weighted by Gasteiger charge is -2.11. The van der Waals surface area contributed by atoms with Crippen molar-refractivity contribution >= 4 is 49.1 Å². The standard InChI is InChI=1S/C25H23N3O5S2/c1-4-28-21-14-11-17(24(30)33-3)15-22(21)34-25(28)26-23(29)19-7-5-6-8-20(19)27-35(31,32)18-12-9-16(2)10-13-18/h5-15,27H,4H2,1-3H3. The molecule has 0 bridgehead atoms. The number of amides is 1. The number of hydrogen-bond donors (Lipinski definition) is 1. The summed E-state index contributed by atoms with van der Waals surface area (Å²) in [5.41, 5.74) is 2.42. The van der Waals surface area contributed by atoms with Gasteiger partial charge in [0.15, 0.2) is 4.80 Å². The van der Waals surface area contributed by atoms with Crippen LogP contribution in [0.3, 0.4) is 0 Å². The average molecular weight is 510 g/mol. The molecule has 35 heavy (non-hydrogen) atoms. The highest BCUT2D eigenvalue weighted by molar-refractivity contribution is 7.92. The Hall–Kier alpha value is -3.76. The number of methoxy groups -OCH3 is 1. The summed E-state index contributed by atoms with van der Waals surface area (Å²) in [5.74, 6) is -1.04. The zero-order valence-electron chi connectivity index (χ0n) is 19.3. The lowest BCUT2D eigenvalue weighted by Crippen LogP contribution is -2.18. The van der Waals surface area contributed by atoms with Crippen LogP contribution < -0.4 is 9.52 Å². The molecule has 4 aromatic rings. The van der Waals surface area contributed by atoms with Crippen LogP contribution in [0.25, 0.3) is 10.2 Å². The number of sulfonamides is 1. The smallest absolute Gasteiger partial charge is 0.337 e.